The Morgan fingerprint density at radius 3 is 2.41 bits per heavy atom. The molecule has 1 atom stereocenters. The van der Waals surface area contributed by atoms with Crippen molar-refractivity contribution in [3.05, 3.63) is 70.3 Å². The molecule has 0 heterocycles. The lowest BCUT2D eigenvalue weighted by atomic mass is 9.79. The average Bonchev–Trinajstić information content (AvgIpc) is 2.72. The first kappa shape index (κ1) is 19.7. The van der Waals surface area contributed by atoms with E-state index < -0.39 is 5.79 Å². The molecule has 1 aliphatic carbocycles. The highest BCUT2D eigenvalue weighted by Gasteiger charge is 2.46. The van der Waals surface area contributed by atoms with Gasteiger partial charge in [0.05, 0.1) is 6.61 Å². The highest BCUT2D eigenvalue weighted by molar-refractivity contribution is 6.13. The summed E-state index contributed by atoms with van der Waals surface area (Å²) in [6.45, 7) is 4.68. The smallest absolute Gasteiger partial charge is 0.255 e. The van der Waals surface area contributed by atoms with Crippen LogP contribution in [0, 0.1) is 0 Å². The van der Waals surface area contributed by atoms with E-state index in [1.54, 1.807) is 12.1 Å². The van der Waals surface area contributed by atoms with Gasteiger partial charge in [-0.25, -0.2) is 5.26 Å². The molecule has 0 aliphatic heterocycles. The van der Waals surface area contributed by atoms with Gasteiger partial charge >= 0.3 is 0 Å². The van der Waals surface area contributed by atoms with Crippen LogP contribution in [0.1, 0.15) is 78.6 Å². The van der Waals surface area contributed by atoms with Crippen molar-refractivity contribution in [1.29, 1.82) is 0 Å². The molecule has 0 fully saturated rings. The largest absolute Gasteiger partial charge is 0.340 e. The van der Waals surface area contributed by atoms with Crippen LogP contribution in [0.15, 0.2) is 42.5 Å². The molecule has 3 rings (SSSR count). The summed E-state index contributed by atoms with van der Waals surface area (Å²) in [6, 6.07) is 12.9. The molecule has 1 N–H and O–H groups in total. The standard InChI is InChI=1S/C23H28O4/c1-3-5-6-7-10-15-26-23(27-25)20-12-9-8-11-18(20)22(24)19-16-17(4-2)13-14-21(19)23/h8-9,11-14,16,25H,3-7,10,15H2,1-2H3. The predicted octanol–water partition coefficient (Wildman–Crippen LogP) is 5.47. The zero-order chi connectivity index (χ0) is 19.3. The van der Waals surface area contributed by atoms with Gasteiger partial charge in [0.25, 0.3) is 5.79 Å². The third-order valence-electron chi connectivity index (χ3n) is 5.30. The van der Waals surface area contributed by atoms with E-state index in [1.165, 1.54) is 19.3 Å². The highest BCUT2D eigenvalue weighted by atomic mass is 17.1. The second kappa shape index (κ2) is 8.79. The molecule has 144 valence electrons. The van der Waals surface area contributed by atoms with E-state index in [1.807, 2.05) is 37.3 Å². The Morgan fingerprint density at radius 2 is 1.67 bits per heavy atom. The maximum absolute atomic E-state index is 13.0. The van der Waals surface area contributed by atoms with Crippen LogP contribution in [-0.2, 0) is 21.8 Å². The fourth-order valence-corrected chi connectivity index (χ4v) is 3.75. The molecule has 2 aromatic carbocycles. The number of carbonyl (C=O) groups excluding carboxylic acids is 1. The first-order valence-electron chi connectivity index (χ1n) is 9.92. The highest BCUT2D eigenvalue weighted by Crippen LogP contribution is 2.43. The molecular weight excluding hydrogens is 340 g/mol. The van der Waals surface area contributed by atoms with Gasteiger partial charge in [-0.1, -0.05) is 75.9 Å². The van der Waals surface area contributed by atoms with Crippen LogP contribution in [0.2, 0.25) is 0 Å². The molecule has 27 heavy (non-hydrogen) atoms. The second-order valence-electron chi connectivity index (χ2n) is 7.08. The molecule has 0 amide bonds. The van der Waals surface area contributed by atoms with Crippen molar-refractivity contribution >= 4 is 5.78 Å². The van der Waals surface area contributed by atoms with E-state index in [-0.39, 0.29) is 5.78 Å². The maximum atomic E-state index is 13.0. The van der Waals surface area contributed by atoms with Crippen LogP contribution in [0.4, 0.5) is 0 Å². The molecular formula is C23H28O4. The quantitative estimate of drug-likeness (QED) is 0.276. The van der Waals surface area contributed by atoms with E-state index in [2.05, 4.69) is 6.92 Å². The van der Waals surface area contributed by atoms with Gasteiger partial charge in [-0.3, -0.25) is 4.79 Å². The summed E-state index contributed by atoms with van der Waals surface area (Å²) < 4.78 is 6.15. The molecule has 1 unspecified atom stereocenters. The van der Waals surface area contributed by atoms with Crippen LogP contribution in [0.25, 0.3) is 0 Å². The van der Waals surface area contributed by atoms with E-state index in [0.717, 1.165) is 24.8 Å². The van der Waals surface area contributed by atoms with Crippen LogP contribution in [-0.4, -0.2) is 17.6 Å². The molecule has 0 radical (unpaired) electrons. The van der Waals surface area contributed by atoms with Crippen molar-refractivity contribution in [3.63, 3.8) is 0 Å². The normalized spacial score (nSPS) is 18.3. The second-order valence-corrected chi connectivity index (χ2v) is 7.08. The number of rotatable bonds is 9. The lowest BCUT2D eigenvalue weighted by Crippen LogP contribution is -2.40. The number of ether oxygens (including phenoxy) is 1. The first-order valence-corrected chi connectivity index (χ1v) is 9.92. The average molecular weight is 368 g/mol. The van der Waals surface area contributed by atoms with Crippen LogP contribution >= 0.6 is 0 Å². The summed E-state index contributed by atoms with van der Waals surface area (Å²) in [5, 5.41) is 9.95. The van der Waals surface area contributed by atoms with E-state index >= 15 is 0 Å². The molecule has 4 nitrogen and oxygen atoms in total. The monoisotopic (exact) mass is 368 g/mol. The Hall–Kier alpha value is -2.01. The van der Waals surface area contributed by atoms with Crippen LogP contribution in [0.5, 0.6) is 0 Å². The Balaban J connectivity index is 1.97. The number of hydrogen-bond donors (Lipinski definition) is 1. The van der Waals surface area contributed by atoms with Crippen molar-refractivity contribution in [2.75, 3.05) is 6.61 Å². The summed E-state index contributed by atoms with van der Waals surface area (Å²) in [4.78, 5) is 18.0. The number of fused-ring (bicyclic) bond motifs is 2. The molecule has 1 aliphatic rings. The van der Waals surface area contributed by atoms with Gasteiger partial charge < -0.3 is 4.74 Å². The fraction of sp³-hybridized carbons (Fsp3) is 0.435. The lowest BCUT2D eigenvalue weighted by molar-refractivity contribution is -0.396. The van der Waals surface area contributed by atoms with Gasteiger partial charge in [-0.15, -0.1) is 0 Å². The van der Waals surface area contributed by atoms with Crippen molar-refractivity contribution in [3.8, 4) is 0 Å². The van der Waals surface area contributed by atoms with Gasteiger partial charge in [0.15, 0.2) is 5.78 Å². The molecule has 0 bridgehead atoms. The topological polar surface area (TPSA) is 55.8 Å². The zero-order valence-electron chi connectivity index (χ0n) is 16.2. The summed E-state index contributed by atoms with van der Waals surface area (Å²) in [5.41, 5.74) is 3.24. The maximum Gasteiger partial charge on any atom is 0.255 e. The summed E-state index contributed by atoms with van der Waals surface area (Å²) in [6.07, 6.45) is 6.34. The van der Waals surface area contributed by atoms with E-state index in [0.29, 0.717) is 28.9 Å². The van der Waals surface area contributed by atoms with E-state index in [4.69, 9.17) is 9.62 Å². The number of aryl methyl sites for hydroxylation is 1. The zero-order valence-corrected chi connectivity index (χ0v) is 16.2. The Kier molecular flexibility index (Phi) is 6.42. The van der Waals surface area contributed by atoms with Gasteiger partial charge in [0.1, 0.15) is 0 Å². The Morgan fingerprint density at radius 1 is 0.926 bits per heavy atom. The van der Waals surface area contributed by atoms with E-state index in [9.17, 15) is 10.1 Å². The van der Waals surface area contributed by atoms with Gasteiger partial charge in [0.2, 0.25) is 0 Å². The molecule has 0 saturated carbocycles. The summed E-state index contributed by atoms with van der Waals surface area (Å²) >= 11 is 0. The van der Waals surface area contributed by atoms with Crippen molar-refractivity contribution in [1.82, 2.24) is 0 Å². The van der Waals surface area contributed by atoms with Crippen LogP contribution in [0.3, 0.4) is 0 Å². The minimum Gasteiger partial charge on any atom is -0.340 e. The number of ketones is 1. The molecule has 4 heteroatoms. The fourth-order valence-electron chi connectivity index (χ4n) is 3.75. The predicted molar refractivity (Wildman–Crippen MR) is 105 cm³/mol. The van der Waals surface area contributed by atoms with Crippen molar-refractivity contribution in [2.45, 2.75) is 58.2 Å². The van der Waals surface area contributed by atoms with Gasteiger partial charge in [-0.05, 0) is 24.5 Å². The molecule has 0 aromatic heterocycles. The van der Waals surface area contributed by atoms with Crippen molar-refractivity contribution < 1.29 is 19.7 Å². The first-order chi connectivity index (χ1) is 13.2. The van der Waals surface area contributed by atoms with Crippen LogP contribution < -0.4 is 0 Å². The summed E-state index contributed by atoms with van der Waals surface area (Å²) in [5.74, 6) is -1.52. The lowest BCUT2D eigenvalue weighted by Gasteiger charge is -2.37. The third kappa shape index (κ3) is 3.70. The Bertz CT molecular complexity index is 799. The molecule has 0 spiro atoms. The number of carbonyl (C=O) groups is 1. The summed E-state index contributed by atoms with van der Waals surface area (Å²) in [7, 11) is 0. The number of benzene rings is 2. The number of hydrogen-bond acceptors (Lipinski definition) is 4. The van der Waals surface area contributed by atoms with Gasteiger partial charge in [-0.2, -0.15) is 4.89 Å². The third-order valence-corrected chi connectivity index (χ3v) is 5.30. The Labute approximate surface area is 161 Å². The van der Waals surface area contributed by atoms with Crippen molar-refractivity contribution in [2.24, 2.45) is 0 Å². The minimum absolute atomic E-state index is 0.0601. The SMILES string of the molecule is CCCCCCCOC1(OO)c2ccccc2C(=O)c2cc(CC)ccc21. The molecule has 0 saturated heterocycles. The number of unbranched alkanes of at least 4 members (excludes halogenated alkanes) is 4. The minimum atomic E-state index is -1.46. The van der Waals surface area contributed by atoms with Gasteiger partial charge in [0, 0.05) is 22.3 Å². The molecule has 2 aromatic rings.